The van der Waals surface area contributed by atoms with Crippen LogP contribution in [0.4, 0.5) is 0 Å². The van der Waals surface area contributed by atoms with Gasteiger partial charge in [-0.05, 0) is 80.1 Å². The molecule has 0 bridgehead atoms. The smallest absolute Gasteiger partial charge is 0.254 e. The summed E-state index contributed by atoms with van der Waals surface area (Å²) in [6.45, 7) is 2.70. The van der Waals surface area contributed by atoms with Gasteiger partial charge in [0.25, 0.3) is 11.8 Å². The Morgan fingerprint density at radius 1 is 0.673 bits per heavy atom. The molecule has 0 aliphatic carbocycles. The minimum atomic E-state index is -0.158. The van der Waals surface area contributed by atoms with Crippen LogP contribution in [-0.4, -0.2) is 64.9 Å². The first-order valence-electron chi connectivity index (χ1n) is 16.6. The summed E-state index contributed by atoms with van der Waals surface area (Å²) in [6, 6.07) is 31.8. The van der Waals surface area contributed by atoms with Crippen LogP contribution in [0.3, 0.4) is 0 Å². The number of hydrogen-bond donors (Lipinski definition) is 4. The van der Waals surface area contributed by atoms with Gasteiger partial charge in [0, 0.05) is 50.7 Å². The maximum atomic E-state index is 13.7. The van der Waals surface area contributed by atoms with E-state index in [1.807, 2.05) is 66.7 Å². The number of carbonyl (C=O) groups excluding carboxylic acids is 2. The topological polar surface area (TPSA) is 106 Å². The Labute approximate surface area is 287 Å². The average Bonchev–Trinajstić information content (AvgIpc) is 3.67. The number of amides is 2. The Morgan fingerprint density at radius 3 is 2.00 bits per heavy atom. The molecule has 8 rings (SSSR count). The molecule has 3 aromatic heterocycles. The van der Waals surface area contributed by atoms with Gasteiger partial charge in [0.15, 0.2) is 0 Å². The molecular weight excluding hydrogens is 632 g/mol. The normalized spacial score (nSPS) is 11.9. The summed E-state index contributed by atoms with van der Waals surface area (Å²) < 4.78 is 0. The quantitative estimate of drug-likeness (QED) is 0.110. The highest BCUT2D eigenvalue weighted by molar-refractivity contribution is 6.32. The highest BCUT2D eigenvalue weighted by atomic mass is 35.5. The lowest BCUT2D eigenvalue weighted by atomic mass is 9.99. The summed E-state index contributed by atoms with van der Waals surface area (Å²) in [4.78, 5) is 41.3. The average molecular weight is 667 g/mol. The Balaban J connectivity index is 0.884. The monoisotopic (exact) mass is 666 g/mol. The number of halogens is 1. The van der Waals surface area contributed by atoms with Crippen molar-refractivity contribution in [3.63, 3.8) is 0 Å². The van der Waals surface area contributed by atoms with E-state index < -0.39 is 0 Å². The van der Waals surface area contributed by atoms with E-state index in [0.717, 1.165) is 85.8 Å². The minimum absolute atomic E-state index is 0.0762. The second kappa shape index (κ2) is 12.9. The zero-order valence-electron chi connectivity index (χ0n) is 27.1. The first-order valence-corrected chi connectivity index (χ1v) is 17.0. The number of fused-ring (bicyclic) bond motifs is 8. The van der Waals surface area contributed by atoms with Gasteiger partial charge in [0.2, 0.25) is 0 Å². The molecule has 0 aliphatic rings. The van der Waals surface area contributed by atoms with Crippen molar-refractivity contribution in [3.8, 4) is 0 Å². The number of nitrogens with zero attached hydrogens (tertiary/aromatic N) is 2. The number of para-hydroxylation sites is 2. The van der Waals surface area contributed by atoms with E-state index in [4.69, 9.17) is 16.6 Å². The van der Waals surface area contributed by atoms with Crippen molar-refractivity contribution in [1.29, 1.82) is 0 Å². The third kappa shape index (κ3) is 5.73. The van der Waals surface area contributed by atoms with Crippen molar-refractivity contribution in [2.45, 2.75) is 12.8 Å². The van der Waals surface area contributed by atoms with Crippen LogP contribution in [0.2, 0.25) is 5.02 Å². The highest BCUT2D eigenvalue weighted by Gasteiger charge is 2.20. The number of aromatic amines is 2. The van der Waals surface area contributed by atoms with Crippen LogP contribution >= 0.6 is 11.6 Å². The van der Waals surface area contributed by atoms with Crippen molar-refractivity contribution < 1.29 is 9.59 Å². The first kappa shape index (κ1) is 30.9. The number of hydrogen-bond acceptors (Lipinski definition) is 4. The number of benzene rings is 5. The van der Waals surface area contributed by atoms with E-state index in [0.29, 0.717) is 34.8 Å². The summed E-state index contributed by atoms with van der Waals surface area (Å²) in [5.41, 5.74) is 6.26. The van der Waals surface area contributed by atoms with E-state index in [1.54, 1.807) is 12.1 Å². The molecule has 0 saturated heterocycles. The summed E-state index contributed by atoms with van der Waals surface area (Å²) in [6.07, 6.45) is 1.58. The van der Waals surface area contributed by atoms with Crippen LogP contribution in [0.1, 0.15) is 33.6 Å². The van der Waals surface area contributed by atoms with Crippen LogP contribution in [-0.2, 0) is 0 Å². The lowest BCUT2D eigenvalue weighted by molar-refractivity contribution is 0.0948. The number of aromatic nitrogens is 3. The van der Waals surface area contributed by atoms with Crippen LogP contribution in [0.25, 0.3) is 65.4 Å². The van der Waals surface area contributed by atoms with Crippen LogP contribution in [0.5, 0.6) is 0 Å². The molecule has 4 N–H and O–H groups in total. The second-order valence-corrected chi connectivity index (χ2v) is 13.1. The fourth-order valence-electron chi connectivity index (χ4n) is 7.00. The predicted molar refractivity (Wildman–Crippen MR) is 201 cm³/mol. The first-order chi connectivity index (χ1) is 24.0. The number of pyridine rings is 1. The molecule has 5 aromatic carbocycles. The number of H-pyrrole nitrogens is 2. The summed E-state index contributed by atoms with van der Waals surface area (Å²) >= 11 is 6.35. The zero-order valence-corrected chi connectivity index (χ0v) is 27.8. The summed E-state index contributed by atoms with van der Waals surface area (Å²) in [7, 11) is 2.06. The van der Waals surface area contributed by atoms with Gasteiger partial charge in [-0.3, -0.25) is 9.59 Å². The van der Waals surface area contributed by atoms with Gasteiger partial charge in [-0.1, -0.05) is 72.3 Å². The van der Waals surface area contributed by atoms with Gasteiger partial charge >= 0.3 is 0 Å². The van der Waals surface area contributed by atoms with E-state index in [2.05, 4.69) is 50.7 Å². The maximum absolute atomic E-state index is 13.7. The second-order valence-electron chi connectivity index (χ2n) is 12.6. The van der Waals surface area contributed by atoms with Crippen molar-refractivity contribution in [2.24, 2.45) is 0 Å². The van der Waals surface area contributed by atoms with Crippen LogP contribution in [0.15, 0.2) is 97.1 Å². The van der Waals surface area contributed by atoms with Crippen molar-refractivity contribution in [3.05, 3.63) is 113 Å². The fourth-order valence-corrected chi connectivity index (χ4v) is 7.17. The van der Waals surface area contributed by atoms with Crippen LogP contribution < -0.4 is 10.6 Å². The van der Waals surface area contributed by atoms with E-state index in [9.17, 15) is 9.59 Å². The molecule has 0 spiro atoms. The largest absolute Gasteiger partial charge is 0.354 e. The Hall–Kier alpha value is -5.44. The molecule has 9 heteroatoms. The third-order valence-electron chi connectivity index (χ3n) is 9.37. The molecule has 0 saturated carbocycles. The highest BCUT2D eigenvalue weighted by Crippen LogP contribution is 2.34. The lowest BCUT2D eigenvalue weighted by Crippen LogP contribution is -2.31. The summed E-state index contributed by atoms with van der Waals surface area (Å²) in [5.74, 6) is -0.234. The molecule has 49 heavy (non-hydrogen) atoms. The SMILES string of the molecule is CN(CCCNC(=O)c1c2ccccc2cc2c1[nH]c1ccccc12)CCCNC(=O)c1c2cc(Cl)ccc2nc2c1[nH]c1ccccc12. The van der Waals surface area contributed by atoms with Crippen molar-refractivity contribution >= 4 is 88.8 Å². The van der Waals surface area contributed by atoms with Gasteiger partial charge in [-0.15, -0.1) is 0 Å². The molecule has 0 radical (unpaired) electrons. The molecular formula is C40H35ClN6O2. The zero-order chi connectivity index (χ0) is 33.5. The van der Waals surface area contributed by atoms with Crippen molar-refractivity contribution in [1.82, 2.24) is 30.5 Å². The van der Waals surface area contributed by atoms with Gasteiger partial charge in [-0.25, -0.2) is 4.98 Å². The maximum Gasteiger partial charge on any atom is 0.254 e. The minimum Gasteiger partial charge on any atom is -0.354 e. The molecule has 8 nitrogen and oxygen atoms in total. The van der Waals surface area contributed by atoms with E-state index in [-0.39, 0.29) is 11.8 Å². The summed E-state index contributed by atoms with van der Waals surface area (Å²) in [5, 5.41) is 12.7. The molecule has 0 fully saturated rings. The third-order valence-corrected chi connectivity index (χ3v) is 9.61. The molecule has 3 heterocycles. The molecule has 0 unspecified atom stereocenters. The lowest BCUT2D eigenvalue weighted by Gasteiger charge is -2.17. The molecule has 8 aromatic rings. The van der Waals surface area contributed by atoms with E-state index in [1.165, 1.54) is 0 Å². The van der Waals surface area contributed by atoms with Gasteiger partial charge < -0.3 is 25.5 Å². The Morgan fingerprint density at radius 2 is 1.27 bits per heavy atom. The molecule has 244 valence electrons. The van der Waals surface area contributed by atoms with Crippen LogP contribution in [0, 0.1) is 0 Å². The van der Waals surface area contributed by atoms with E-state index >= 15 is 0 Å². The van der Waals surface area contributed by atoms with Gasteiger partial charge in [-0.2, -0.15) is 0 Å². The van der Waals surface area contributed by atoms with Crippen molar-refractivity contribution in [2.75, 3.05) is 33.2 Å². The molecule has 0 aliphatic heterocycles. The predicted octanol–water partition coefficient (Wildman–Crippen LogP) is 8.18. The molecule has 0 atom stereocenters. The number of nitrogens with one attached hydrogen (secondary N) is 4. The standard InChI is InChI=1S/C40H35ClN6O2/c1-47(20-8-18-42-39(48)34-26-11-3-2-10-24(26)22-29-27-12-4-6-14-31(27)44-36(29)34)21-9-19-43-40(49)35-30-23-25(41)16-17-33(30)45-37-28-13-5-7-15-32(28)46-38(35)37/h2-7,10-17,22-23,44,46H,8-9,18-21H2,1H3,(H,42,48)(H,43,49). The fraction of sp³-hybridized carbons (Fsp3) is 0.175. The number of carbonyl (C=O) groups is 2. The molecule has 2 amide bonds. The number of rotatable bonds is 10. The Bertz CT molecular complexity index is 2550. The Kier molecular flexibility index (Phi) is 8.11. The van der Waals surface area contributed by atoms with Gasteiger partial charge in [0.1, 0.15) is 0 Å². The van der Waals surface area contributed by atoms with Gasteiger partial charge in [0.05, 0.1) is 33.2 Å².